The Kier molecular flexibility index (Phi) is 6.54. The number of nitrogens with zero attached hydrogens (tertiary/aromatic N) is 4. The van der Waals surface area contributed by atoms with E-state index < -0.39 is 0 Å². The molecular formula is C27H28N6O2. The van der Waals surface area contributed by atoms with Crippen molar-refractivity contribution in [1.82, 2.24) is 25.3 Å². The third-order valence-electron chi connectivity index (χ3n) is 6.18. The van der Waals surface area contributed by atoms with Crippen LogP contribution in [0.5, 0.6) is 0 Å². The molecule has 1 saturated heterocycles. The van der Waals surface area contributed by atoms with Crippen molar-refractivity contribution < 1.29 is 9.53 Å². The van der Waals surface area contributed by atoms with Crippen LogP contribution in [0.2, 0.25) is 0 Å². The van der Waals surface area contributed by atoms with E-state index in [4.69, 9.17) is 4.74 Å². The molecule has 1 fully saturated rings. The second-order valence-electron chi connectivity index (χ2n) is 8.63. The van der Waals surface area contributed by atoms with Crippen LogP contribution in [0, 0.1) is 6.92 Å². The molecule has 1 amide bonds. The van der Waals surface area contributed by atoms with E-state index in [9.17, 15) is 4.79 Å². The average Bonchev–Trinajstić information content (AvgIpc) is 3.31. The number of benzene rings is 1. The molecule has 1 atom stereocenters. The molecule has 1 aliphatic rings. The number of rotatable bonds is 6. The molecule has 0 saturated carbocycles. The Morgan fingerprint density at radius 1 is 1.09 bits per heavy atom. The number of ether oxygens (including phenoxy) is 1. The van der Waals surface area contributed by atoms with Crippen LogP contribution in [-0.4, -0.2) is 52.1 Å². The van der Waals surface area contributed by atoms with Crippen molar-refractivity contribution in [2.45, 2.75) is 19.9 Å². The van der Waals surface area contributed by atoms with Crippen molar-refractivity contribution in [2.75, 3.05) is 31.2 Å². The number of amides is 1. The number of morpholine rings is 1. The molecule has 1 aliphatic heterocycles. The number of nitrogens with one attached hydrogen (secondary N) is 2. The number of pyridine rings is 2. The lowest BCUT2D eigenvalue weighted by Crippen LogP contribution is -2.36. The molecule has 0 spiro atoms. The number of H-pyrrole nitrogens is 1. The minimum atomic E-state index is -0.222. The van der Waals surface area contributed by atoms with E-state index in [0.29, 0.717) is 22.9 Å². The SMILES string of the molecule is Cc1[nH]c(-c2cc(-c3cncc(N4CCOCC4)c3)ccn2)nc1C(=O)N[C@H](C)c1ccccc1. The van der Waals surface area contributed by atoms with Crippen LogP contribution >= 0.6 is 0 Å². The summed E-state index contributed by atoms with van der Waals surface area (Å²) in [6.07, 6.45) is 5.48. The van der Waals surface area contributed by atoms with Crippen molar-refractivity contribution in [3.05, 3.63) is 84.1 Å². The Morgan fingerprint density at radius 2 is 1.89 bits per heavy atom. The third-order valence-corrected chi connectivity index (χ3v) is 6.18. The smallest absolute Gasteiger partial charge is 0.272 e. The van der Waals surface area contributed by atoms with Gasteiger partial charge in [0.2, 0.25) is 0 Å². The first-order chi connectivity index (χ1) is 17.1. The number of carbonyl (C=O) groups excluding carboxylic acids is 1. The topological polar surface area (TPSA) is 96.0 Å². The molecule has 4 aromatic rings. The van der Waals surface area contributed by atoms with Crippen LogP contribution in [0.3, 0.4) is 0 Å². The molecule has 5 rings (SSSR count). The fourth-order valence-electron chi connectivity index (χ4n) is 4.21. The van der Waals surface area contributed by atoms with Gasteiger partial charge >= 0.3 is 0 Å². The van der Waals surface area contributed by atoms with E-state index in [1.54, 1.807) is 6.20 Å². The number of aryl methyl sites for hydroxylation is 1. The monoisotopic (exact) mass is 468 g/mol. The Morgan fingerprint density at radius 3 is 2.69 bits per heavy atom. The molecule has 0 aliphatic carbocycles. The van der Waals surface area contributed by atoms with Gasteiger partial charge in [0.1, 0.15) is 11.4 Å². The van der Waals surface area contributed by atoms with Crippen molar-refractivity contribution in [3.63, 3.8) is 0 Å². The molecule has 3 aromatic heterocycles. The summed E-state index contributed by atoms with van der Waals surface area (Å²) in [5.41, 5.74) is 5.82. The van der Waals surface area contributed by atoms with E-state index >= 15 is 0 Å². The van der Waals surface area contributed by atoms with Crippen LogP contribution in [0.4, 0.5) is 5.69 Å². The van der Waals surface area contributed by atoms with Crippen LogP contribution in [0.15, 0.2) is 67.1 Å². The van der Waals surface area contributed by atoms with Crippen LogP contribution in [0.25, 0.3) is 22.6 Å². The van der Waals surface area contributed by atoms with E-state index in [-0.39, 0.29) is 11.9 Å². The lowest BCUT2D eigenvalue weighted by Gasteiger charge is -2.28. The lowest BCUT2D eigenvalue weighted by molar-refractivity contribution is 0.0934. The largest absolute Gasteiger partial charge is 0.378 e. The minimum absolute atomic E-state index is 0.129. The molecule has 8 heteroatoms. The highest BCUT2D eigenvalue weighted by Gasteiger charge is 2.19. The first kappa shape index (κ1) is 22.7. The number of anilines is 1. The van der Waals surface area contributed by atoms with Crippen molar-refractivity contribution in [2.24, 2.45) is 0 Å². The molecule has 0 unspecified atom stereocenters. The van der Waals surface area contributed by atoms with E-state index in [1.807, 2.05) is 68.7 Å². The first-order valence-electron chi connectivity index (χ1n) is 11.8. The van der Waals surface area contributed by atoms with Gasteiger partial charge in [-0.1, -0.05) is 30.3 Å². The van der Waals surface area contributed by atoms with Gasteiger partial charge in [0, 0.05) is 36.7 Å². The Hall–Kier alpha value is -4.04. The van der Waals surface area contributed by atoms with Crippen molar-refractivity contribution in [1.29, 1.82) is 0 Å². The third kappa shape index (κ3) is 5.07. The number of imidazole rings is 1. The maximum atomic E-state index is 12.9. The number of hydrogen-bond acceptors (Lipinski definition) is 6. The van der Waals surface area contributed by atoms with Gasteiger partial charge in [0.25, 0.3) is 5.91 Å². The summed E-state index contributed by atoms with van der Waals surface area (Å²) < 4.78 is 5.46. The summed E-state index contributed by atoms with van der Waals surface area (Å²) >= 11 is 0. The van der Waals surface area contributed by atoms with Gasteiger partial charge in [0.05, 0.1) is 31.1 Å². The second kappa shape index (κ2) is 10.1. The van der Waals surface area contributed by atoms with E-state index in [1.165, 1.54) is 0 Å². The fraction of sp³-hybridized carbons (Fsp3) is 0.259. The molecule has 2 N–H and O–H groups in total. The molecule has 0 bridgehead atoms. The zero-order valence-corrected chi connectivity index (χ0v) is 19.9. The number of aromatic nitrogens is 4. The maximum absolute atomic E-state index is 12.9. The summed E-state index contributed by atoms with van der Waals surface area (Å²) in [6.45, 7) is 6.96. The van der Waals surface area contributed by atoms with E-state index in [2.05, 4.69) is 36.2 Å². The number of carbonyl (C=O) groups is 1. The highest BCUT2D eigenvalue weighted by atomic mass is 16.5. The number of hydrogen-bond donors (Lipinski definition) is 2. The summed E-state index contributed by atoms with van der Waals surface area (Å²) in [7, 11) is 0. The maximum Gasteiger partial charge on any atom is 0.272 e. The standard InChI is InChI=1S/C27H28N6O2/c1-18(20-6-4-3-5-7-20)31-27(34)25-19(2)30-26(32-25)24-15-21(8-9-29-24)22-14-23(17-28-16-22)33-10-12-35-13-11-33/h3-9,14-18H,10-13H2,1-2H3,(H,30,32)(H,31,34)/t18-/m1/s1. The quantitative estimate of drug-likeness (QED) is 0.441. The van der Waals surface area contributed by atoms with Crippen molar-refractivity contribution >= 4 is 11.6 Å². The fourth-order valence-corrected chi connectivity index (χ4v) is 4.21. The molecule has 4 heterocycles. The van der Waals surface area contributed by atoms with Gasteiger partial charge in [-0.2, -0.15) is 0 Å². The van der Waals surface area contributed by atoms with Crippen LogP contribution < -0.4 is 10.2 Å². The van der Waals surface area contributed by atoms with Gasteiger partial charge in [-0.15, -0.1) is 0 Å². The Balaban J connectivity index is 1.36. The number of aromatic amines is 1. The van der Waals surface area contributed by atoms with Gasteiger partial charge in [0.15, 0.2) is 5.82 Å². The molecule has 178 valence electrons. The minimum Gasteiger partial charge on any atom is -0.378 e. The van der Waals surface area contributed by atoms with E-state index in [0.717, 1.165) is 48.7 Å². The Labute approximate surface area is 204 Å². The predicted octanol–water partition coefficient (Wildman–Crippen LogP) is 4.17. The average molecular weight is 469 g/mol. The predicted molar refractivity (Wildman–Crippen MR) is 135 cm³/mol. The highest BCUT2D eigenvalue weighted by Crippen LogP contribution is 2.27. The van der Waals surface area contributed by atoms with Crippen LogP contribution in [-0.2, 0) is 4.74 Å². The van der Waals surface area contributed by atoms with Crippen LogP contribution in [0.1, 0.15) is 34.7 Å². The molecule has 35 heavy (non-hydrogen) atoms. The zero-order chi connectivity index (χ0) is 24.2. The van der Waals surface area contributed by atoms with Gasteiger partial charge in [-0.3, -0.25) is 14.8 Å². The normalized spacial score (nSPS) is 14.5. The molecule has 8 nitrogen and oxygen atoms in total. The summed E-state index contributed by atoms with van der Waals surface area (Å²) in [6, 6.07) is 15.8. The highest BCUT2D eigenvalue weighted by molar-refractivity contribution is 5.94. The Bertz CT molecular complexity index is 1310. The summed E-state index contributed by atoms with van der Waals surface area (Å²) in [4.78, 5) is 32.0. The lowest BCUT2D eigenvalue weighted by atomic mass is 10.1. The summed E-state index contributed by atoms with van der Waals surface area (Å²) in [5, 5.41) is 3.03. The molecule has 1 aromatic carbocycles. The van der Waals surface area contributed by atoms with Crippen molar-refractivity contribution in [3.8, 4) is 22.6 Å². The summed E-state index contributed by atoms with van der Waals surface area (Å²) in [5.74, 6) is 0.332. The van der Waals surface area contributed by atoms with Gasteiger partial charge in [-0.25, -0.2) is 4.98 Å². The first-order valence-corrected chi connectivity index (χ1v) is 11.8. The molecule has 0 radical (unpaired) electrons. The van der Waals surface area contributed by atoms with Gasteiger partial charge in [-0.05, 0) is 43.2 Å². The second-order valence-corrected chi connectivity index (χ2v) is 8.63. The van der Waals surface area contributed by atoms with Gasteiger partial charge < -0.3 is 19.9 Å². The molecular weight excluding hydrogens is 440 g/mol. The zero-order valence-electron chi connectivity index (χ0n) is 19.9.